The van der Waals surface area contributed by atoms with Gasteiger partial charge in [0.05, 0.1) is 29.6 Å². The monoisotopic (exact) mass is 560 g/mol. The van der Waals surface area contributed by atoms with E-state index in [1.165, 1.54) is 38.4 Å². The SMILES string of the molecule is COc1ccc(C2=NC(C)(C(=O)Nc3ccc(C(=O)N4CCN(CCN(C)C)CC4)c(Cl)c3)N=C2)c(F)c1F. The van der Waals surface area contributed by atoms with Crippen LogP contribution in [0.5, 0.6) is 5.75 Å². The highest BCUT2D eigenvalue weighted by atomic mass is 35.5. The molecule has 1 atom stereocenters. The third-order valence-electron chi connectivity index (χ3n) is 6.73. The number of nitrogens with zero attached hydrogens (tertiary/aromatic N) is 5. The third kappa shape index (κ3) is 6.26. The van der Waals surface area contributed by atoms with Crippen LogP contribution in [0.1, 0.15) is 22.8 Å². The van der Waals surface area contributed by atoms with Crippen LogP contribution in [0, 0.1) is 11.6 Å². The second-order valence-electron chi connectivity index (χ2n) is 9.81. The Morgan fingerprint density at radius 2 is 1.85 bits per heavy atom. The molecule has 12 heteroatoms. The van der Waals surface area contributed by atoms with Gasteiger partial charge in [0.15, 0.2) is 11.6 Å². The van der Waals surface area contributed by atoms with Gasteiger partial charge in [0, 0.05) is 50.5 Å². The lowest BCUT2D eigenvalue weighted by Gasteiger charge is -2.35. The van der Waals surface area contributed by atoms with Crippen LogP contribution in [0.4, 0.5) is 14.5 Å². The van der Waals surface area contributed by atoms with Crippen molar-refractivity contribution in [1.29, 1.82) is 0 Å². The number of nitrogens with one attached hydrogen (secondary N) is 1. The van der Waals surface area contributed by atoms with Crippen LogP contribution < -0.4 is 10.1 Å². The molecular weight excluding hydrogens is 530 g/mol. The van der Waals surface area contributed by atoms with Gasteiger partial charge in [-0.25, -0.2) is 9.38 Å². The first kappa shape index (κ1) is 28.6. The van der Waals surface area contributed by atoms with Crippen molar-refractivity contribution >= 4 is 41.0 Å². The van der Waals surface area contributed by atoms with Gasteiger partial charge in [-0.05, 0) is 51.4 Å². The second kappa shape index (κ2) is 11.8. The second-order valence-corrected chi connectivity index (χ2v) is 10.2. The minimum absolute atomic E-state index is 0.0208. The summed E-state index contributed by atoms with van der Waals surface area (Å²) < 4.78 is 33.5. The molecule has 1 unspecified atom stereocenters. The number of rotatable bonds is 8. The van der Waals surface area contributed by atoms with E-state index < -0.39 is 23.2 Å². The largest absolute Gasteiger partial charge is 0.494 e. The molecule has 2 aliphatic heterocycles. The fourth-order valence-electron chi connectivity index (χ4n) is 4.31. The zero-order valence-corrected chi connectivity index (χ0v) is 23.1. The van der Waals surface area contributed by atoms with Gasteiger partial charge < -0.3 is 19.9 Å². The number of methoxy groups -OCH3 is 1. The Hall–Kier alpha value is -3.41. The lowest BCUT2D eigenvalue weighted by atomic mass is 10.1. The molecule has 2 amide bonds. The topological polar surface area (TPSA) is 89.8 Å². The van der Waals surface area contributed by atoms with Crippen LogP contribution in [0.25, 0.3) is 0 Å². The Balaban J connectivity index is 1.41. The lowest BCUT2D eigenvalue weighted by Crippen LogP contribution is -2.50. The first-order valence-corrected chi connectivity index (χ1v) is 12.8. The van der Waals surface area contributed by atoms with Crippen molar-refractivity contribution < 1.29 is 23.1 Å². The molecule has 0 bridgehead atoms. The summed E-state index contributed by atoms with van der Waals surface area (Å²) in [6, 6.07) is 7.23. The molecule has 208 valence electrons. The van der Waals surface area contributed by atoms with Crippen LogP contribution in [0.2, 0.25) is 5.02 Å². The molecule has 2 aromatic rings. The van der Waals surface area contributed by atoms with Crippen LogP contribution in [0.15, 0.2) is 40.3 Å². The molecule has 1 N–H and O–H groups in total. The predicted molar refractivity (Wildman–Crippen MR) is 147 cm³/mol. The molecule has 0 radical (unpaired) electrons. The van der Waals surface area contributed by atoms with E-state index in [1.54, 1.807) is 17.0 Å². The molecule has 39 heavy (non-hydrogen) atoms. The third-order valence-corrected chi connectivity index (χ3v) is 7.04. The average molecular weight is 561 g/mol. The molecule has 2 aromatic carbocycles. The van der Waals surface area contributed by atoms with Gasteiger partial charge in [0.2, 0.25) is 11.5 Å². The van der Waals surface area contributed by atoms with Gasteiger partial charge in [-0.2, -0.15) is 4.39 Å². The highest BCUT2D eigenvalue weighted by Gasteiger charge is 2.36. The molecule has 9 nitrogen and oxygen atoms in total. The van der Waals surface area contributed by atoms with Crippen molar-refractivity contribution in [3.8, 4) is 5.75 Å². The Morgan fingerprint density at radius 1 is 1.13 bits per heavy atom. The number of amides is 2. The zero-order valence-electron chi connectivity index (χ0n) is 22.3. The van der Waals surface area contributed by atoms with Crippen molar-refractivity contribution in [2.75, 3.05) is 65.8 Å². The average Bonchev–Trinajstić information content (AvgIpc) is 3.32. The predicted octanol–water partition coefficient (Wildman–Crippen LogP) is 3.17. The lowest BCUT2D eigenvalue weighted by molar-refractivity contribution is -0.120. The van der Waals surface area contributed by atoms with E-state index in [0.717, 1.165) is 26.2 Å². The van der Waals surface area contributed by atoms with Gasteiger partial charge in [0.1, 0.15) is 0 Å². The van der Waals surface area contributed by atoms with Gasteiger partial charge in [0.25, 0.3) is 11.8 Å². The van der Waals surface area contributed by atoms with Crippen molar-refractivity contribution in [3.05, 3.63) is 58.1 Å². The molecule has 1 fully saturated rings. The molecule has 2 aliphatic rings. The van der Waals surface area contributed by atoms with Crippen LogP contribution in [-0.2, 0) is 4.79 Å². The molecule has 4 rings (SSSR count). The molecule has 0 spiro atoms. The highest BCUT2D eigenvalue weighted by molar-refractivity contribution is 6.40. The maximum Gasteiger partial charge on any atom is 0.274 e. The maximum atomic E-state index is 14.5. The highest BCUT2D eigenvalue weighted by Crippen LogP contribution is 2.28. The van der Waals surface area contributed by atoms with Gasteiger partial charge in [-0.1, -0.05) is 11.6 Å². The number of carbonyl (C=O) groups is 2. The Bertz CT molecular complexity index is 1330. The number of anilines is 1. The van der Waals surface area contributed by atoms with Gasteiger partial charge in [-0.3, -0.25) is 19.5 Å². The number of aliphatic imine (C=N–C) groups is 2. The number of piperazine rings is 1. The summed E-state index contributed by atoms with van der Waals surface area (Å²) in [5.74, 6) is -3.31. The van der Waals surface area contributed by atoms with E-state index >= 15 is 0 Å². The standard InChI is InChI=1S/C27H31ClF2N6O3/c1-27(31-16-21(33-27)19-7-8-22(39-4)24(30)23(19)29)26(38)32-17-5-6-18(20(28)15-17)25(37)36-13-11-35(12-14-36)10-9-34(2)3/h5-8,15-16H,9-14H2,1-4H3,(H,32,38). The summed E-state index contributed by atoms with van der Waals surface area (Å²) in [6.45, 7) is 6.15. The van der Waals surface area contributed by atoms with Crippen LogP contribution >= 0.6 is 11.6 Å². The number of hydrogen-bond acceptors (Lipinski definition) is 7. The number of hydrogen-bond donors (Lipinski definition) is 1. The fraction of sp³-hybridized carbons (Fsp3) is 0.407. The molecule has 1 saturated heterocycles. The summed E-state index contributed by atoms with van der Waals surface area (Å²) in [7, 11) is 5.30. The Kier molecular flexibility index (Phi) is 8.63. The minimum atomic E-state index is -1.61. The Morgan fingerprint density at radius 3 is 2.49 bits per heavy atom. The summed E-state index contributed by atoms with van der Waals surface area (Å²) in [5, 5.41) is 2.89. The first-order chi connectivity index (χ1) is 18.5. The fourth-order valence-corrected chi connectivity index (χ4v) is 4.57. The quantitative estimate of drug-likeness (QED) is 0.536. The number of benzene rings is 2. The minimum Gasteiger partial charge on any atom is -0.494 e. The van der Waals surface area contributed by atoms with Crippen molar-refractivity contribution in [2.24, 2.45) is 9.98 Å². The Labute approximate surface area is 231 Å². The maximum absolute atomic E-state index is 14.5. The summed E-state index contributed by atoms with van der Waals surface area (Å²) in [6.07, 6.45) is 1.22. The van der Waals surface area contributed by atoms with Crippen molar-refractivity contribution in [3.63, 3.8) is 0 Å². The molecule has 0 saturated carbocycles. The number of halogens is 3. The first-order valence-electron chi connectivity index (χ1n) is 12.5. The molecule has 0 aliphatic carbocycles. The number of likely N-dealkylation sites (N-methyl/N-ethyl adjacent to an activating group) is 1. The van der Waals surface area contributed by atoms with Gasteiger partial charge in [-0.15, -0.1) is 0 Å². The van der Waals surface area contributed by atoms with Crippen LogP contribution in [-0.4, -0.2) is 105 Å². The van der Waals surface area contributed by atoms with E-state index in [2.05, 4.69) is 25.1 Å². The van der Waals surface area contributed by atoms with E-state index in [1.807, 2.05) is 14.1 Å². The van der Waals surface area contributed by atoms with Crippen molar-refractivity contribution in [1.82, 2.24) is 14.7 Å². The van der Waals surface area contributed by atoms with E-state index in [-0.39, 0.29) is 28.0 Å². The van der Waals surface area contributed by atoms with E-state index in [0.29, 0.717) is 24.3 Å². The van der Waals surface area contributed by atoms with E-state index in [4.69, 9.17) is 16.3 Å². The zero-order chi connectivity index (χ0) is 28.3. The van der Waals surface area contributed by atoms with Crippen LogP contribution in [0.3, 0.4) is 0 Å². The summed E-state index contributed by atoms with van der Waals surface area (Å²) in [4.78, 5) is 40.7. The summed E-state index contributed by atoms with van der Waals surface area (Å²) >= 11 is 6.44. The van der Waals surface area contributed by atoms with Crippen molar-refractivity contribution in [2.45, 2.75) is 12.6 Å². The molecule has 0 aromatic heterocycles. The van der Waals surface area contributed by atoms with E-state index in [9.17, 15) is 18.4 Å². The normalized spacial score (nSPS) is 19.4. The molecule has 2 heterocycles. The summed E-state index contributed by atoms with van der Waals surface area (Å²) in [5.41, 5.74) is -1.04. The smallest absolute Gasteiger partial charge is 0.274 e. The number of carbonyl (C=O) groups excluding carboxylic acids is 2. The molecular formula is C27H31ClF2N6O3. The number of ether oxygens (including phenoxy) is 1. The van der Waals surface area contributed by atoms with Gasteiger partial charge >= 0.3 is 0 Å².